The Kier molecular flexibility index (Phi) is 3.56. The minimum absolute atomic E-state index is 0.0903. The van der Waals surface area contributed by atoms with E-state index < -0.39 is 0 Å². The van der Waals surface area contributed by atoms with Crippen molar-refractivity contribution in [2.24, 2.45) is 11.8 Å². The number of rotatable bonds is 3. The number of carbonyl (C=O) groups excluding carboxylic acids is 1. The molecule has 1 fully saturated rings. The number of carbonyl (C=O) groups is 1. The van der Waals surface area contributed by atoms with E-state index in [-0.39, 0.29) is 17.9 Å². The summed E-state index contributed by atoms with van der Waals surface area (Å²) < 4.78 is 11.4. The molecule has 5 heteroatoms. The minimum atomic E-state index is -0.259. The predicted octanol–water partition coefficient (Wildman–Crippen LogP) is 2.01. The van der Waals surface area contributed by atoms with Crippen molar-refractivity contribution in [3.8, 4) is 0 Å². The number of Topliss-reactive ketones (excluding diaryl/α,β-unsaturated/α-hetero) is 1. The van der Waals surface area contributed by atoms with Crippen LogP contribution < -0.4 is 0 Å². The van der Waals surface area contributed by atoms with Gasteiger partial charge in [-0.05, 0) is 37.7 Å². The minimum Gasteiger partial charge on any atom is -0.492 e. The molecule has 3 atom stereocenters. The highest BCUT2D eigenvalue weighted by Crippen LogP contribution is 2.46. The Morgan fingerprint density at radius 3 is 2.90 bits per heavy atom. The summed E-state index contributed by atoms with van der Waals surface area (Å²) in [4.78, 5) is 17.2. The Labute approximate surface area is 119 Å². The molecular weight excluding hydrogens is 258 g/mol. The monoisotopic (exact) mass is 279 g/mol. The molecule has 0 saturated carbocycles. The third-order valence-corrected chi connectivity index (χ3v) is 4.56. The second-order valence-electron chi connectivity index (χ2n) is 5.64. The highest BCUT2D eigenvalue weighted by atomic mass is 16.7. The normalized spacial score (nSPS) is 32.5. The first-order chi connectivity index (χ1) is 9.65. The zero-order valence-electron chi connectivity index (χ0n) is 12.2. The number of allylic oxidation sites excluding steroid dienone is 1. The second-order valence-corrected chi connectivity index (χ2v) is 5.64. The number of hydroxylamine groups is 2. The molecule has 0 aromatic carbocycles. The molecule has 3 rings (SSSR count). The summed E-state index contributed by atoms with van der Waals surface area (Å²) in [6.45, 7) is 2.39. The molecule has 20 heavy (non-hydrogen) atoms. The lowest BCUT2D eigenvalue weighted by Crippen LogP contribution is -2.43. The molecule has 0 N–H and O–H groups in total. The van der Waals surface area contributed by atoms with Gasteiger partial charge in [0.05, 0.1) is 19.9 Å². The van der Waals surface area contributed by atoms with E-state index in [0.29, 0.717) is 12.5 Å². The van der Waals surface area contributed by atoms with Crippen molar-refractivity contribution < 1.29 is 19.1 Å². The first-order valence-corrected chi connectivity index (χ1v) is 7.09. The van der Waals surface area contributed by atoms with Gasteiger partial charge < -0.3 is 9.47 Å². The van der Waals surface area contributed by atoms with Crippen LogP contribution in [0.4, 0.5) is 0 Å². The molecule has 3 aliphatic rings. The molecule has 5 nitrogen and oxygen atoms in total. The van der Waals surface area contributed by atoms with E-state index in [1.54, 1.807) is 26.2 Å². The van der Waals surface area contributed by atoms with Gasteiger partial charge in [0.1, 0.15) is 11.5 Å². The van der Waals surface area contributed by atoms with E-state index in [0.717, 1.165) is 30.6 Å². The smallest absolute Gasteiger partial charge is 0.175 e. The summed E-state index contributed by atoms with van der Waals surface area (Å²) in [7, 11) is 3.28. The van der Waals surface area contributed by atoms with Gasteiger partial charge in [-0.25, -0.2) is 5.06 Å². The van der Waals surface area contributed by atoms with Crippen LogP contribution in [0, 0.1) is 11.8 Å². The van der Waals surface area contributed by atoms with Crippen LogP contribution in [0.15, 0.2) is 23.1 Å². The fraction of sp³-hybridized carbons (Fsp3) is 0.667. The molecule has 2 heterocycles. The zero-order valence-corrected chi connectivity index (χ0v) is 12.2. The summed E-state index contributed by atoms with van der Waals surface area (Å²) in [6.07, 6.45) is 4.25. The van der Waals surface area contributed by atoms with Gasteiger partial charge in [0.25, 0.3) is 0 Å². The Balaban J connectivity index is 2.03. The average molecular weight is 279 g/mol. The highest BCUT2D eigenvalue weighted by Gasteiger charge is 2.42. The van der Waals surface area contributed by atoms with Crippen molar-refractivity contribution in [1.29, 1.82) is 0 Å². The maximum absolute atomic E-state index is 11.8. The third-order valence-electron chi connectivity index (χ3n) is 4.56. The van der Waals surface area contributed by atoms with Crippen molar-refractivity contribution in [3.05, 3.63) is 23.1 Å². The number of methoxy groups -OCH3 is 1. The molecule has 1 aliphatic carbocycles. The molecule has 0 spiro atoms. The van der Waals surface area contributed by atoms with Crippen molar-refractivity contribution in [1.82, 2.24) is 5.06 Å². The first kappa shape index (κ1) is 13.6. The number of ether oxygens (including phenoxy) is 2. The van der Waals surface area contributed by atoms with Crippen molar-refractivity contribution in [2.45, 2.75) is 32.4 Å². The average Bonchev–Trinajstić information content (AvgIpc) is 2.46. The maximum atomic E-state index is 11.8. The number of ketones is 1. The van der Waals surface area contributed by atoms with Crippen molar-refractivity contribution in [3.63, 3.8) is 0 Å². The van der Waals surface area contributed by atoms with Gasteiger partial charge in [0.2, 0.25) is 0 Å². The molecular formula is C15H21NO4. The zero-order chi connectivity index (χ0) is 14.3. The molecule has 1 saturated heterocycles. The molecule has 3 unspecified atom stereocenters. The van der Waals surface area contributed by atoms with Gasteiger partial charge in [-0.15, -0.1) is 0 Å². The highest BCUT2D eigenvalue weighted by molar-refractivity contribution is 5.79. The summed E-state index contributed by atoms with van der Waals surface area (Å²) in [6, 6.07) is 0. The van der Waals surface area contributed by atoms with E-state index in [9.17, 15) is 4.79 Å². The van der Waals surface area contributed by atoms with Crippen LogP contribution >= 0.6 is 0 Å². The van der Waals surface area contributed by atoms with Crippen LogP contribution in [0.2, 0.25) is 0 Å². The molecule has 110 valence electrons. The Hall–Kier alpha value is -1.33. The fourth-order valence-electron chi connectivity index (χ4n) is 3.57. The molecule has 0 aromatic heterocycles. The van der Waals surface area contributed by atoms with Crippen LogP contribution in [0.25, 0.3) is 0 Å². The molecule has 0 amide bonds. The number of hydrogen-bond acceptors (Lipinski definition) is 5. The molecule has 0 bridgehead atoms. The van der Waals surface area contributed by atoms with Crippen LogP contribution in [-0.4, -0.2) is 37.9 Å². The van der Waals surface area contributed by atoms with Crippen LogP contribution in [-0.2, 0) is 19.1 Å². The van der Waals surface area contributed by atoms with E-state index in [2.05, 4.69) is 0 Å². The third kappa shape index (κ3) is 2.05. The maximum Gasteiger partial charge on any atom is 0.175 e. The number of hydrogen-bond donors (Lipinski definition) is 0. The predicted molar refractivity (Wildman–Crippen MR) is 72.2 cm³/mol. The van der Waals surface area contributed by atoms with Gasteiger partial charge in [0, 0.05) is 18.6 Å². The van der Waals surface area contributed by atoms with E-state index >= 15 is 0 Å². The van der Waals surface area contributed by atoms with Gasteiger partial charge in [0.15, 0.2) is 6.23 Å². The molecule has 2 aliphatic heterocycles. The quantitative estimate of drug-likeness (QED) is 0.791. The fourth-order valence-corrected chi connectivity index (χ4v) is 3.57. The van der Waals surface area contributed by atoms with Gasteiger partial charge in [-0.2, -0.15) is 0 Å². The van der Waals surface area contributed by atoms with Gasteiger partial charge in [-0.1, -0.05) is 0 Å². The van der Waals surface area contributed by atoms with E-state index in [4.69, 9.17) is 14.3 Å². The van der Waals surface area contributed by atoms with Crippen LogP contribution in [0.3, 0.4) is 0 Å². The lowest BCUT2D eigenvalue weighted by atomic mass is 9.71. The lowest BCUT2D eigenvalue weighted by molar-refractivity contribution is -0.189. The van der Waals surface area contributed by atoms with Crippen LogP contribution in [0.1, 0.15) is 26.2 Å². The van der Waals surface area contributed by atoms with Crippen molar-refractivity contribution in [2.75, 3.05) is 20.8 Å². The van der Waals surface area contributed by atoms with Crippen molar-refractivity contribution >= 4 is 5.78 Å². The largest absolute Gasteiger partial charge is 0.492 e. The lowest BCUT2D eigenvalue weighted by Gasteiger charge is -2.44. The standard InChI is InChI=1S/C15H21NO4/c1-9(17)11-6-10-4-5-20-13-8-16(19-3)15(18-2)12(7-11)14(10)13/h8,10-11,15H,4-7H2,1-3H3. The summed E-state index contributed by atoms with van der Waals surface area (Å²) in [5, 5.41) is 1.67. The Bertz CT molecular complexity index is 482. The SMILES string of the molecule is COC1C2=C3C(=CN1OC)OCCC3CC(C(C)=O)C2. The summed E-state index contributed by atoms with van der Waals surface area (Å²) in [5.74, 6) is 1.64. The Morgan fingerprint density at radius 2 is 2.25 bits per heavy atom. The summed E-state index contributed by atoms with van der Waals surface area (Å²) in [5.41, 5.74) is 2.39. The molecule has 0 radical (unpaired) electrons. The van der Waals surface area contributed by atoms with Crippen LogP contribution in [0.5, 0.6) is 0 Å². The van der Waals surface area contributed by atoms with Gasteiger partial charge in [-0.3, -0.25) is 9.63 Å². The summed E-state index contributed by atoms with van der Waals surface area (Å²) >= 11 is 0. The second kappa shape index (κ2) is 5.22. The topological polar surface area (TPSA) is 48.0 Å². The molecule has 0 aromatic rings. The van der Waals surface area contributed by atoms with E-state index in [1.807, 2.05) is 6.20 Å². The Morgan fingerprint density at radius 1 is 1.45 bits per heavy atom. The van der Waals surface area contributed by atoms with Gasteiger partial charge >= 0.3 is 0 Å². The number of nitrogens with zero attached hydrogens (tertiary/aromatic N) is 1. The first-order valence-electron chi connectivity index (χ1n) is 7.09. The van der Waals surface area contributed by atoms with E-state index in [1.165, 1.54) is 5.57 Å².